The van der Waals surface area contributed by atoms with Gasteiger partial charge in [0.2, 0.25) is 0 Å². The molecule has 5 heteroatoms. The second kappa shape index (κ2) is 7.23. The van der Waals surface area contributed by atoms with E-state index in [1.165, 1.54) is 6.20 Å². The molecule has 2 aromatic heterocycles. The Morgan fingerprint density at radius 1 is 1.00 bits per heavy atom. The van der Waals surface area contributed by atoms with Crippen LogP contribution in [0, 0.1) is 0 Å². The maximum atomic E-state index is 12.9. The van der Waals surface area contributed by atoms with Gasteiger partial charge in [-0.25, -0.2) is 4.98 Å². The highest BCUT2D eigenvalue weighted by atomic mass is 35.5. The standard InChI is InChI=1S/C19H16ClN3O/c1-23(19(24)15-10-12-22-17(20)13-15)18(14-7-3-2-4-8-14)16-9-5-6-11-21-16/h2-13,18H,1H3/t18-/m1/s1. The average molecular weight is 338 g/mol. The van der Waals surface area contributed by atoms with Crippen molar-refractivity contribution in [3.8, 4) is 0 Å². The number of hydrogen-bond acceptors (Lipinski definition) is 3. The molecule has 4 nitrogen and oxygen atoms in total. The summed E-state index contributed by atoms with van der Waals surface area (Å²) in [5.74, 6) is -0.140. The Bertz CT molecular complexity index is 785. The lowest BCUT2D eigenvalue weighted by atomic mass is 10.0. The molecule has 0 aliphatic carbocycles. The van der Waals surface area contributed by atoms with Crippen molar-refractivity contribution in [2.75, 3.05) is 7.05 Å². The topological polar surface area (TPSA) is 46.1 Å². The summed E-state index contributed by atoms with van der Waals surface area (Å²) < 4.78 is 0. The number of pyridine rings is 2. The normalized spacial score (nSPS) is 11.8. The number of amides is 1. The maximum absolute atomic E-state index is 12.9. The molecule has 0 aliphatic rings. The zero-order valence-corrected chi connectivity index (χ0v) is 13.9. The Kier molecular flexibility index (Phi) is 4.87. The molecule has 1 amide bonds. The van der Waals surface area contributed by atoms with E-state index in [2.05, 4.69) is 9.97 Å². The SMILES string of the molecule is CN(C(=O)c1ccnc(Cl)c1)[C@H](c1ccccc1)c1ccccn1. The van der Waals surface area contributed by atoms with Crippen molar-refractivity contribution >= 4 is 17.5 Å². The highest BCUT2D eigenvalue weighted by Crippen LogP contribution is 2.27. The van der Waals surface area contributed by atoms with Gasteiger partial charge in [-0.15, -0.1) is 0 Å². The van der Waals surface area contributed by atoms with Crippen molar-refractivity contribution in [2.24, 2.45) is 0 Å². The summed E-state index contributed by atoms with van der Waals surface area (Å²) in [6, 6.07) is 18.5. The summed E-state index contributed by atoms with van der Waals surface area (Å²) in [4.78, 5) is 22.9. The molecule has 3 aromatic rings. The van der Waals surface area contributed by atoms with Crippen LogP contribution in [-0.4, -0.2) is 27.8 Å². The predicted octanol–water partition coefficient (Wildman–Crippen LogP) is 3.99. The Morgan fingerprint density at radius 3 is 2.42 bits per heavy atom. The van der Waals surface area contributed by atoms with Crippen LogP contribution < -0.4 is 0 Å². The lowest BCUT2D eigenvalue weighted by Crippen LogP contribution is -2.32. The zero-order chi connectivity index (χ0) is 16.9. The van der Waals surface area contributed by atoms with E-state index in [1.54, 1.807) is 30.3 Å². The molecule has 1 aromatic carbocycles. The Morgan fingerprint density at radius 2 is 1.75 bits per heavy atom. The number of aromatic nitrogens is 2. The Labute approximate surface area is 145 Å². The van der Waals surface area contributed by atoms with Crippen molar-refractivity contribution in [2.45, 2.75) is 6.04 Å². The van der Waals surface area contributed by atoms with E-state index in [0.29, 0.717) is 10.7 Å². The van der Waals surface area contributed by atoms with Gasteiger partial charge in [0, 0.05) is 25.0 Å². The summed E-state index contributed by atoms with van der Waals surface area (Å²) in [7, 11) is 1.77. The first-order valence-corrected chi connectivity index (χ1v) is 7.89. The van der Waals surface area contributed by atoms with Crippen LogP contribution in [0.3, 0.4) is 0 Å². The largest absolute Gasteiger partial charge is 0.329 e. The molecule has 0 bridgehead atoms. The fourth-order valence-corrected chi connectivity index (χ4v) is 2.80. The van der Waals surface area contributed by atoms with Gasteiger partial charge in [-0.1, -0.05) is 48.0 Å². The molecule has 24 heavy (non-hydrogen) atoms. The fraction of sp³-hybridized carbons (Fsp3) is 0.105. The van der Waals surface area contributed by atoms with Crippen molar-refractivity contribution < 1.29 is 4.79 Å². The van der Waals surface area contributed by atoms with Gasteiger partial charge in [-0.05, 0) is 29.8 Å². The quantitative estimate of drug-likeness (QED) is 0.676. The maximum Gasteiger partial charge on any atom is 0.254 e. The van der Waals surface area contributed by atoms with Crippen LogP contribution in [-0.2, 0) is 0 Å². The van der Waals surface area contributed by atoms with Crippen LogP contribution in [0.25, 0.3) is 0 Å². The molecule has 0 radical (unpaired) electrons. The van der Waals surface area contributed by atoms with Gasteiger partial charge in [0.15, 0.2) is 0 Å². The van der Waals surface area contributed by atoms with Crippen molar-refractivity contribution in [1.29, 1.82) is 0 Å². The number of benzene rings is 1. The summed E-state index contributed by atoms with van der Waals surface area (Å²) in [5.41, 5.74) is 2.29. The van der Waals surface area contributed by atoms with Crippen LogP contribution >= 0.6 is 11.6 Å². The summed E-state index contributed by atoms with van der Waals surface area (Å²) in [5, 5.41) is 0.295. The number of rotatable bonds is 4. The Hall–Kier alpha value is -2.72. The number of carbonyl (C=O) groups excluding carboxylic acids is 1. The van der Waals surface area contributed by atoms with Gasteiger partial charge in [0.1, 0.15) is 5.15 Å². The van der Waals surface area contributed by atoms with Crippen LogP contribution in [0.5, 0.6) is 0 Å². The second-order valence-corrected chi connectivity index (χ2v) is 5.74. The third kappa shape index (κ3) is 3.44. The highest BCUT2D eigenvalue weighted by Gasteiger charge is 2.25. The monoisotopic (exact) mass is 337 g/mol. The number of hydrogen-bond donors (Lipinski definition) is 0. The van der Waals surface area contributed by atoms with Gasteiger partial charge >= 0.3 is 0 Å². The van der Waals surface area contributed by atoms with Crippen LogP contribution in [0.1, 0.15) is 27.7 Å². The minimum Gasteiger partial charge on any atom is -0.329 e. The van der Waals surface area contributed by atoms with Crippen molar-refractivity contribution in [1.82, 2.24) is 14.9 Å². The van der Waals surface area contributed by atoms with E-state index >= 15 is 0 Å². The smallest absolute Gasteiger partial charge is 0.254 e. The van der Waals surface area contributed by atoms with E-state index in [1.807, 2.05) is 48.5 Å². The van der Waals surface area contributed by atoms with E-state index in [9.17, 15) is 4.79 Å². The second-order valence-electron chi connectivity index (χ2n) is 5.35. The third-order valence-corrected chi connectivity index (χ3v) is 3.97. The molecule has 0 aliphatic heterocycles. The molecule has 0 fully saturated rings. The van der Waals surface area contributed by atoms with E-state index < -0.39 is 0 Å². The molecule has 120 valence electrons. The summed E-state index contributed by atoms with van der Waals surface area (Å²) in [6.07, 6.45) is 3.26. The highest BCUT2D eigenvalue weighted by molar-refractivity contribution is 6.29. The van der Waals surface area contributed by atoms with Gasteiger partial charge < -0.3 is 4.90 Å². The van der Waals surface area contributed by atoms with Gasteiger partial charge in [-0.2, -0.15) is 0 Å². The van der Waals surface area contributed by atoms with E-state index in [0.717, 1.165) is 11.3 Å². The van der Waals surface area contributed by atoms with E-state index in [-0.39, 0.29) is 11.9 Å². The zero-order valence-electron chi connectivity index (χ0n) is 13.1. The molecule has 0 saturated heterocycles. The summed E-state index contributed by atoms with van der Waals surface area (Å²) in [6.45, 7) is 0. The molecule has 3 rings (SSSR count). The number of halogens is 1. The predicted molar refractivity (Wildman–Crippen MR) is 93.9 cm³/mol. The molecule has 2 heterocycles. The molecule has 0 unspecified atom stereocenters. The van der Waals surface area contributed by atoms with E-state index in [4.69, 9.17) is 11.6 Å². The first-order valence-electron chi connectivity index (χ1n) is 7.51. The minimum atomic E-state index is -0.285. The molecular weight excluding hydrogens is 322 g/mol. The number of nitrogens with zero attached hydrogens (tertiary/aromatic N) is 3. The molecule has 1 atom stereocenters. The third-order valence-electron chi connectivity index (χ3n) is 3.76. The first kappa shape index (κ1) is 16.1. The average Bonchev–Trinajstić information content (AvgIpc) is 2.63. The summed E-state index contributed by atoms with van der Waals surface area (Å²) >= 11 is 5.91. The molecular formula is C19H16ClN3O. The lowest BCUT2D eigenvalue weighted by Gasteiger charge is -2.28. The fourth-order valence-electron chi connectivity index (χ4n) is 2.62. The molecule has 0 saturated carbocycles. The van der Waals surface area contributed by atoms with Crippen LogP contribution in [0.15, 0.2) is 73.1 Å². The van der Waals surface area contributed by atoms with Gasteiger partial charge in [0.05, 0.1) is 11.7 Å². The van der Waals surface area contributed by atoms with Gasteiger partial charge in [-0.3, -0.25) is 9.78 Å². The number of carbonyl (C=O) groups is 1. The lowest BCUT2D eigenvalue weighted by molar-refractivity contribution is 0.0752. The van der Waals surface area contributed by atoms with Crippen LogP contribution in [0.2, 0.25) is 5.15 Å². The van der Waals surface area contributed by atoms with Crippen molar-refractivity contribution in [3.05, 3.63) is 95.0 Å². The minimum absolute atomic E-state index is 0.140. The van der Waals surface area contributed by atoms with Crippen molar-refractivity contribution in [3.63, 3.8) is 0 Å². The molecule has 0 N–H and O–H groups in total. The van der Waals surface area contributed by atoms with Crippen LogP contribution in [0.4, 0.5) is 0 Å². The Balaban J connectivity index is 2.01. The first-order chi connectivity index (χ1) is 11.7. The molecule has 0 spiro atoms. The van der Waals surface area contributed by atoms with Gasteiger partial charge in [0.25, 0.3) is 5.91 Å².